The Hall–Kier alpha value is -2.33. The van der Waals surface area contributed by atoms with Gasteiger partial charge >= 0.3 is 12.1 Å². The van der Waals surface area contributed by atoms with Gasteiger partial charge in [0.05, 0.1) is 10.9 Å². The number of esters is 1. The van der Waals surface area contributed by atoms with Gasteiger partial charge in [-0.3, -0.25) is 9.36 Å². The Bertz CT molecular complexity index is 1180. The van der Waals surface area contributed by atoms with Crippen LogP contribution in [0, 0.1) is 6.92 Å². The lowest BCUT2D eigenvalue weighted by molar-refractivity contribution is -0.137. The van der Waals surface area contributed by atoms with Crippen LogP contribution >= 0.6 is 23.1 Å². The number of thioether (sulfide) groups is 1. The SMILES string of the molecule is Cc1c(C(=O)OCCSc2cccc(C(F)(F)F)c2)sc2nc3n(c(=O)c12)CCC3. The lowest BCUT2D eigenvalue weighted by Gasteiger charge is -2.08. The van der Waals surface area contributed by atoms with Gasteiger partial charge in [-0.1, -0.05) is 6.07 Å². The topological polar surface area (TPSA) is 61.2 Å². The molecule has 2 aromatic heterocycles. The van der Waals surface area contributed by atoms with Crippen molar-refractivity contribution in [2.45, 2.75) is 37.4 Å². The van der Waals surface area contributed by atoms with Crippen LogP contribution in [-0.2, 0) is 23.9 Å². The van der Waals surface area contributed by atoms with Crippen molar-refractivity contribution in [1.29, 1.82) is 0 Å². The first kappa shape index (κ1) is 20.9. The van der Waals surface area contributed by atoms with Crippen molar-refractivity contribution in [2.24, 2.45) is 0 Å². The Morgan fingerprint density at radius 3 is 2.93 bits per heavy atom. The number of carbonyl (C=O) groups is 1. The average molecular weight is 454 g/mol. The molecule has 0 amide bonds. The second-order valence-electron chi connectivity index (χ2n) is 6.83. The van der Waals surface area contributed by atoms with E-state index in [0.717, 1.165) is 42.1 Å². The third kappa shape index (κ3) is 3.98. The number of alkyl halides is 3. The first-order valence-electron chi connectivity index (χ1n) is 9.25. The summed E-state index contributed by atoms with van der Waals surface area (Å²) in [5.74, 6) is 0.502. The number of aryl methyl sites for hydroxylation is 2. The van der Waals surface area contributed by atoms with Gasteiger partial charge in [0, 0.05) is 23.6 Å². The van der Waals surface area contributed by atoms with Crippen molar-refractivity contribution in [2.75, 3.05) is 12.4 Å². The van der Waals surface area contributed by atoms with Crippen molar-refractivity contribution in [3.8, 4) is 0 Å². The van der Waals surface area contributed by atoms with Crippen molar-refractivity contribution in [3.63, 3.8) is 0 Å². The molecule has 0 fully saturated rings. The standard InChI is InChI=1S/C20H17F3N2O3S2/c1-11-15-17(24-14-6-3-7-25(14)18(15)26)30-16(11)19(27)28-8-9-29-13-5-2-4-12(10-13)20(21,22)23/h2,4-5,10H,3,6-9H2,1H3. The Labute approximate surface area is 177 Å². The summed E-state index contributed by atoms with van der Waals surface area (Å²) in [5.41, 5.74) is -0.276. The molecular weight excluding hydrogens is 437 g/mol. The molecule has 4 rings (SSSR count). The second kappa shape index (κ2) is 8.07. The summed E-state index contributed by atoms with van der Waals surface area (Å²) < 4.78 is 45.3. The maximum Gasteiger partial charge on any atom is 0.416 e. The van der Waals surface area contributed by atoms with E-state index < -0.39 is 17.7 Å². The van der Waals surface area contributed by atoms with Gasteiger partial charge in [0.25, 0.3) is 5.56 Å². The van der Waals surface area contributed by atoms with Crippen LogP contribution < -0.4 is 5.56 Å². The maximum atomic E-state index is 12.8. The minimum atomic E-state index is -4.39. The third-order valence-electron chi connectivity index (χ3n) is 4.84. The predicted octanol–water partition coefficient (Wildman–Crippen LogP) is 4.68. The van der Waals surface area contributed by atoms with E-state index >= 15 is 0 Å². The van der Waals surface area contributed by atoms with Crippen molar-refractivity contribution in [1.82, 2.24) is 9.55 Å². The van der Waals surface area contributed by atoms with Crippen molar-refractivity contribution in [3.05, 3.63) is 56.4 Å². The molecule has 10 heteroatoms. The molecule has 3 aromatic rings. The molecule has 0 aliphatic carbocycles. The summed E-state index contributed by atoms with van der Waals surface area (Å²) in [7, 11) is 0. The van der Waals surface area contributed by atoms with Crippen molar-refractivity contribution < 1.29 is 22.7 Å². The summed E-state index contributed by atoms with van der Waals surface area (Å²) in [6.45, 7) is 2.38. The first-order chi connectivity index (χ1) is 14.3. The van der Waals surface area contributed by atoms with Gasteiger partial charge in [-0.15, -0.1) is 23.1 Å². The van der Waals surface area contributed by atoms with Gasteiger partial charge in [-0.2, -0.15) is 13.2 Å². The van der Waals surface area contributed by atoms with Gasteiger partial charge in [-0.25, -0.2) is 9.78 Å². The van der Waals surface area contributed by atoms with E-state index in [1.54, 1.807) is 17.6 Å². The number of nitrogens with zero attached hydrogens (tertiary/aromatic N) is 2. The fourth-order valence-corrected chi connectivity index (χ4v) is 5.26. The number of thiophene rings is 1. The van der Waals surface area contributed by atoms with E-state index in [4.69, 9.17) is 4.74 Å². The molecule has 30 heavy (non-hydrogen) atoms. The van der Waals surface area contributed by atoms with Gasteiger partial charge in [-0.05, 0) is 37.1 Å². The molecule has 0 saturated heterocycles. The van der Waals surface area contributed by atoms with Crippen LogP contribution in [-0.4, -0.2) is 27.9 Å². The van der Waals surface area contributed by atoms with Crippen LogP contribution in [0.15, 0.2) is 34.0 Å². The highest BCUT2D eigenvalue weighted by Gasteiger charge is 2.30. The predicted molar refractivity (Wildman–Crippen MR) is 109 cm³/mol. The summed E-state index contributed by atoms with van der Waals surface area (Å²) in [5, 5.41) is 0.455. The molecule has 1 aromatic carbocycles. The molecular formula is C20H17F3N2O3S2. The summed E-state index contributed by atoms with van der Waals surface area (Å²) in [6.07, 6.45) is -2.76. The molecule has 0 radical (unpaired) electrons. The van der Waals surface area contributed by atoms with Crippen LogP contribution in [0.1, 0.15) is 33.0 Å². The smallest absolute Gasteiger partial charge is 0.416 e. The lowest BCUT2D eigenvalue weighted by Crippen LogP contribution is -2.20. The van der Waals surface area contributed by atoms with Crippen LogP contribution in [0.2, 0.25) is 0 Å². The highest BCUT2D eigenvalue weighted by atomic mass is 32.2. The quantitative estimate of drug-likeness (QED) is 0.318. The molecule has 3 heterocycles. The van der Waals surface area contributed by atoms with Gasteiger partial charge in [0.2, 0.25) is 0 Å². The third-order valence-corrected chi connectivity index (χ3v) is 6.97. The number of rotatable bonds is 5. The zero-order valence-corrected chi connectivity index (χ0v) is 17.5. The van der Waals surface area contributed by atoms with E-state index in [1.165, 1.54) is 17.8 Å². The monoisotopic (exact) mass is 454 g/mol. The number of benzene rings is 1. The second-order valence-corrected chi connectivity index (χ2v) is 9.00. The zero-order valence-electron chi connectivity index (χ0n) is 15.9. The van der Waals surface area contributed by atoms with Crippen LogP contribution in [0.25, 0.3) is 10.2 Å². The minimum Gasteiger partial charge on any atom is -0.461 e. The molecule has 1 aliphatic rings. The number of fused-ring (bicyclic) bond motifs is 2. The average Bonchev–Trinajstić information content (AvgIpc) is 3.30. The largest absolute Gasteiger partial charge is 0.461 e. The van der Waals surface area contributed by atoms with E-state index in [2.05, 4.69) is 4.98 Å². The first-order valence-corrected chi connectivity index (χ1v) is 11.1. The molecule has 0 spiro atoms. The maximum absolute atomic E-state index is 12.8. The zero-order chi connectivity index (χ0) is 21.5. The van der Waals surface area contributed by atoms with Crippen LogP contribution in [0.4, 0.5) is 13.2 Å². The Morgan fingerprint density at radius 1 is 1.37 bits per heavy atom. The number of hydrogen-bond acceptors (Lipinski definition) is 6. The van der Waals surface area contributed by atoms with Gasteiger partial charge in [0.1, 0.15) is 22.1 Å². The molecule has 5 nitrogen and oxygen atoms in total. The summed E-state index contributed by atoms with van der Waals surface area (Å²) >= 11 is 2.32. The number of ether oxygens (including phenoxy) is 1. The molecule has 0 N–H and O–H groups in total. The highest BCUT2D eigenvalue weighted by molar-refractivity contribution is 7.99. The summed E-state index contributed by atoms with van der Waals surface area (Å²) in [4.78, 5) is 31.0. The van der Waals surface area contributed by atoms with E-state index in [9.17, 15) is 22.8 Å². The molecule has 158 valence electrons. The highest BCUT2D eigenvalue weighted by Crippen LogP contribution is 2.32. The fraction of sp³-hybridized carbons (Fsp3) is 0.350. The lowest BCUT2D eigenvalue weighted by atomic mass is 10.2. The molecule has 0 saturated carbocycles. The van der Waals surface area contributed by atoms with Crippen LogP contribution in [0.3, 0.4) is 0 Å². The fourth-order valence-electron chi connectivity index (χ4n) is 3.39. The Balaban J connectivity index is 1.42. The van der Waals surface area contributed by atoms with Gasteiger partial charge < -0.3 is 4.74 Å². The van der Waals surface area contributed by atoms with Gasteiger partial charge in [0.15, 0.2) is 0 Å². The molecule has 0 unspecified atom stereocenters. The number of carbonyl (C=O) groups excluding carboxylic acids is 1. The van der Waals surface area contributed by atoms with E-state index in [1.807, 2.05) is 0 Å². The normalized spacial score (nSPS) is 13.6. The Morgan fingerprint density at radius 2 is 2.17 bits per heavy atom. The Kier molecular flexibility index (Phi) is 5.63. The number of halogens is 3. The summed E-state index contributed by atoms with van der Waals surface area (Å²) in [6, 6.07) is 5.01. The molecule has 0 bridgehead atoms. The van der Waals surface area contributed by atoms with E-state index in [0.29, 0.717) is 37.9 Å². The molecule has 0 atom stereocenters. The minimum absolute atomic E-state index is 0.0380. The van der Waals surface area contributed by atoms with E-state index in [-0.39, 0.29) is 12.2 Å². The molecule has 1 aliphatic heterocycles. The van der Waals surface area contributed by atoms with Crippen molar-refractivity contribution >= 4 is 39.3 Å². The van der Waals surface area contributed by atoms with Crippen LogP contribution in [0.5, 0.6) is 0 Å². The number of hydrogen-bond donors (Lipinski definition) is 0. The number of aromatic nitrogens is 2.